The molecule has 0 aliphatic heterocycles. The maximum Gasteiger partial charge on any atom is 0.150 e. The van der Waals surface area contributed by atoms with Gasteiger partial charge in [0.05, 0.1) is 11.2 Å². The van der Waals surface area contributed by atoms with E-state index in [0.717, 1.165) is 0 Å². The van der Waals surface area contributed by atoms with Gasteiger partial charge in [0.2, 0.25) is 0 Å². The van der Waals surface area contributed by atoms with Crippen LogP contribution < -0.4 is 11.1 Å². The molecule has 0 aliphatic carbocycles. The Hall–Kier alpha value is -1.88. The van der Waals surface area contributed by atoms with E-state index in [1.807, 2.05) is 13.8 Å². The van der Waals surface area contributed by atoms with Crippen LogP contribution in [0.5, 0.6) is 0 Å². The predicted molar refractivity (Wildman–Crippen MR) is 75.5 cm³/mol. The van der Waals surface area contributed by atoms with Gasteiger partial charge in [-0.2, -0.15) is 0 Å². The number of aromatic nitrogens is 1. The average Bonchev–Trinajstić information content (AvgIpc) is 2.34. The molecule has 5 heteroatoms. The molecule has 0 saturated carbocycles. The molecule has 2 aromatic rings. The first-order chi connectivity index (χ1) is 8.94. The number of nitrogens with two attached hydrogens (primary N) is 1. The third-order valence-electron chi connectivity index (χ3n) is 3.08. The van der Waals surface area contributed by atoms with E-state index in [1.165, 1.54) is 6.07 Å². The van der Waals surface area contributed by atoms with Crippen molar-refractivity contribution in [3.63, 3.8) is 0 Å². The minimum absolute atomic E-state index is 0.0297. The molecule has 2 rings (SSSR count). The lowest BCUT2D eigenvalue weighted by atomic mass is 10.00. The lowest BCUT2D eigenvalue weighted by Crippen LogP contribution is -2.32. The highest BCUT2D eigenvalue weighted by Gasteiger charge is 2.21. The van der Waals surface area contributed by atoms with E-state index in [4.69, 9.17) is 10.8 Å². The number of aliphatic hydroxyl groups is 1. The molecule has 0 atom stereocenters. The van der Waals surface area contributed by atoms with Gasteiger partial charge in [-0.25, -0.2) is 4.39 Å². The first-order valence-electron chi connectivity index (χ1n) is 6.16. The average molecular weight is 263 g/mol. The van der Waals surface area contributed by atoms with E-state index in [9.17, 15) is 4.39 Å². The second kappa shape index (κ2) is 5.01. The number of nitrogens with one attached hydrogen (secondary N) is 1. The van der Waals surface area contributed by atoms with Crippen LogP contribution in [0.25, 0.3) is 10.9 Å². The summed E-state index contributed by atoms with van der Waals surface area (Å²) in [6.07, 6.45) is 2.11. The van der Waals surface area contributed by atoms with E-state index in [-0.39, 0.29) is 6.61 Å². The summed E-state index contributed by atoms with van der Waals surface area (Å²) in [5.41, 5.74) is 6.56. The van der Waals surface area contributed by atoms with Crippen LogP contribution in [0.3, 0.4) is 0 Å². The lowest BCUT2D eigenvalue weighted by molar-refractivity contribution is 0.260. The summed E-state index contributed by atoms with van der Waals surface area (Å²) in [6, 6.07) is 4.86. The maximum atomic E-state index is 14.1. The molecule has 0 bridgehead atoms. The second-order valence-corrected chi connectivity index (χ2v) is 5.20. The number of nitrogens with zero attached hydrogens (tertiary/aromatic N) is 1. The van der Waals surface area contributed by atoms with E-state index in [1.54, 1.807) is 18.3 Å². The molecule has 0 saturated heterocycles. The topological polar surface area (TPSA) is 71.2 Å². The van der Waals surface area contributed by atoms with Crippen LogP contribution in [0.15, 0.2) is 24.4 Å². The number of hydrogen-bond acceptors (Lipinski definition) is 4. The fourth-order valence-corrected chi connectivity index (χ4v) is 2.04. The van der Waals surface area contributed by atoms with Crippen molar-refractivity contribution in [3.8, 4) is 0 Å². The van der Waals surface area contributed by atoms with Gasteiger partial charge < -0.3 is 16.2 Å². The number of aliphatic hydroxyl groups excluding tert-OH is 1. The number of halogens is 1. The van der Waals surface area contributed by atoms with Crippen molar-refractivity contribution in [2.24, 2.45) is 0 Å². The zero-order valence-corrected chi connectivity index (χ0v) is 11.1. The molecule has 0 unspecified atom stereocenters. The fourth-order valence-electron chi connectivity index (χ4n) is 2.04. The van der Waals surface area contributed by atoms with Gasteiger partial charge in [-0.1, -0.05) is 0 Å². The number of hydrogen-bond donors (Lipinski definition) is 3. The van der Waals surface area contributed by atoms with Crippen molar-refractivity contribution in [2.45, 2.75) is 25.8 Å². The van der Waals surface area contributed by atoms with Gasteiger partial charge in [0.25, 0.3) is 0 Å². The number of benzene rings is 1. The van der Waals surface area contributed by atoms with Gasteiger partial charge in [-0.3, -0.25) is 4.98 Å². The zero-order valence-electron chi connectivity index (χ0n) is 11.1. The highest BCUT2D eigenvalue weighted by atomic mass is 19.1. The van der Waals surface area contributed by atoms with Gasteiger partial charge in [0, 0.05) is 29.4 Å². The first-order valence-corrected chi connectivity index (χ1v) is 6.16. The Morgan fingerprint density at radius 3 is 2.89 bits per heavy atom. The van der Waals surface area contributed by atoms with Crippen molar-refractivity contribution in [3.05, 3.63) is 30.2 Å². The molecular weight excluding hydrogens is 245 g/mol. The van der Waals surface area contributed by atoms with E-state index in [2.05, 4.69) is 10.3 Å². The van der Waals surface area contributed by atoms with Crippen LogP contribution in [-0.4, -0.2) is 22.2 Å². The Morgan fingerprint density at radius 1 is 1.47 bits per heavy atom. The highest BCUT2D eigenvalue weighted by Crippen LogP contribution is 2.31. The summed E-state index contributed by atoms with van der Waals surface area (Å²) in [6.45, 7) is 3.82. The molecule has 0 aliphatic rings. The summed E-state index contributed by atoms with van der Waals surface area (Å²) >= 11 is 0. The molecule has 1 aromatic heterocycles. The largest absolute Gasteiger partial charge is 0.398 e. The van der Waals surface area contributed by atoms with Crippen molar-refractivity contribution in [1.82, 2.24) is 4.98 Å². The summed E-state index contributed by atoms with van der Waals surface area (Å²) < 4.78 is 14.1. The fraction of sp³-hybridized carbons (Fsp3) is 0.357. The van der Waals surface area contributed by atoms with Crippen LogP contribution in [0, 0.1) is 5.82 Å². The summed E-state index contributed by atoms with van der Waals surface area (Å²) in [4.78, 5) is 4.20. The van der Waals surface area contributed by atoms with Crippen molar-refractivity contribution in [2.75, 3.05) is 17.7 Å². The van der Waals surface area contributed by atoms with Gasteiger partial charge in [-0.05, 0) is 38.5 Å². The molecular formula is C14H18FN3O. The molecule has 0 amide bonds. The van der Waals surface area contributed by atoms with Gasteiger partial charge in [0.15, 0.2) is 5.82 Å². The molecule has 1 heterocycles. The molecule has 1 aromatic carbocycles. The third-order valence-corrected chi connectivity index (χ3v) is 3.08. The minimum atomic E-state index is -0.435. The summed E-state index contributed by atoms with van der Waals surface area (Å²) in [5, 5.41) is 12.9. The maximum absolute atomic E-state index is 14.1. The number of nitrogen functional groups attached to an aromatic ring is 1. The highest BCUT2D eigenvalue weighted by molar-refractivity contribution is 5.98. The molecule has 102 valence electrons. The standard InChI is InChI=1S/C14H18FN3O/c1-14(2,5-7-19)18-13-10(15)8-11(16)9-4-3-6-17-12(9)13/h3-4,6,8,18-19H,5,7,16H2,1-2H3. The first kappa shape index (κ1) is 13.5. The lowest BCUT2D eigenvalue weighted by Gasteiger charge is -2.27. The molecule has 0 fully saturated rings. The monoisotopic (exact) mass is 263 g/mol. The Bertz CT molecular complexity index is 599. The number of fused-ring (bicyclic) bond motifs is 1. The van der Waals surface area contributed by atoms with Crippen LogP contribution in [-0.2, 0) is 0 Å². The normalized spacial score (nSPS) is 11.8. The van der Waals surface area contributed by atoms with E-state index < -0.39 is 11.4 Å². The SMILES string of the molecule is CC(C)(CCO)Nc1c(F)cc(N)c2cccnc12. The number of anilines is 2. The quantitative estimate of drug-likeness (QED) is 0.741. The second-order valence-electron chi connectivity index (χ2n) is 5.20. The van der Waals surface area contributed by atoms with Gasteiger partial charge in [0.1, 0.15) is 0 Å². The van der Waals surface area contributed by atoms with Crippen molar-refractivity contribution < 1.29 is 9.50 Å². The molecule has 0 spiro atoms. The number of pyridine rings is 1. The molecule has 4 N–H and O–H groups in total. The third kappa shape index (κ3) is 2.76. The summed E-state index contributed by atoms with van der Waals surface area (Å²) in [5.74, 6) is -0.435. The summed E-state index contributed by atoms with van der Waals surface area (Å²) in [7, 11) is 0. The zero-order chi connectivity index (χ0) is 14.0. The Morgan fingerprint density at radius 2 is 2.21 bits per heavy atom. The van der Waals surface area contributed by atoms with Crippen LogP contribution in [0.4, 0.5) is 15.8 Å². The molecule has 0 radical (unpaired) electrons. The van der Waals surface area contributed by atoms with E-state index >= 15 is 0 Å². The van der Waals surface area contributed by atoms with Crippen LogP contribution >= 0.6 is 0 Å². The molecule has 4 nitrogen and oxygen atoms in total. The predicted octanol–water partition coefficient (Wildman–Crippen LogP) is 2.53. The molecule has 19 heavy (non-hydrogen) atoms. The van der Waals surface area contributed by atoms with Crippen LogP contribution in [0.1, 0.15) is 20.3 Å². The van der Waals surface area contributed by atoms with Gasteiger partial charge in [-0.15, -0.1) is 0 Å². The smallest absolute Gasteiger partial charge is 0.150 e. The van der Waals surface area contributed by atoms with Crippen LogP contribution in [0.2, 0.25) is 0 Å². The van der Waals surface area contributed by atoms with Gasteiger partial charge >= 0.3 is 0 Å². The number of rotatable bonds is 4. The Labute approximate surface area is 111 Å². The Balaban J connectivity index is 2.54. The van der Waals surface area contributed by atoms with Crippen molar-refractivity contribution >= 4 is 22.3 Å². The minimum Gasteiger partial charge on any atom is -0.398 e. The Kier molecular flexibility index (Phi) is 3.57. The van der Waals surface area contributed by atoms with Crippen molar-refractivity contribution in [1.29, 1.82) is 0 Å². The van der Waals surface area contributed by atoms with E-state index in [0.29, 0.717) is 28.7 Å².